The molecule has 2 aromatic rings. The van der Waals surface area contributed by atoms with Crippen LogP contribution >= 0.6 is 0 Å². The molecule has 114 valence electrons. The van der Waals surface area contributed by atoms with Crippen molar-refractivity contribution in [3.63, 3.8) is 0 Å². The van der Waals surface area contributed by atoms with Crippen LogP contribution in [0.3, 0.4) is 0 Å². The Bertz CT molecular complexity index is 680. The van der Waals surface area contributed by atoms with Crippen molar-refractivity contribution in [3.05, 3.63) is 77.6 Å². The molecule has 0 aliphatic rings. The maximum absolute atomic E-state index is 13.9. The van der Waals surface area contributed by atoms with Crippen LogP contribution in [0.1, 0.15) is 24.2 Å². The van der Waals surface area contributed by atoms with Gasteiger partial charge in [-0.15, -0.1) is 0 Å². The van der Waals surface area contributed by atoms with Crippen LogP contribution in [0.5, 0.6) is 5.75 Å². The Hall–Kier alpha value is -2.62. The first-order valence-electron chi connectivity index (χ1n) is 6.77. The van der Waals surface area contributed by atoms with Gasteiger partial charge in [-0.2, -0.15) is 0 Å². The van der Waals surface area contributed by atoms with E-state index in [0.717, 1.165) is 5.56 Å². The summed E-state index contributed by atoms with van der Waals surface area (Å²) in [6, 6.07) is 13.6. The van der Waals surface area contributed by atoms with E-state index in [0.29, 0.717) is 5.56 Å². The smallest absolute Gasteiger partial charge is 0.334 e. The lowest BCUT2D eigenvalue weighted by molar-refractivity contribution is -0.142. The van der Waals surface area contributed by atoms with Crippen molar-refractivity contribution in [2.45, 2.75) is 13.0 Å². The highest BCUT2D eigenvalue weighted by molar-refractivity contribution is 5.87. The number of methoxy groups -OCH3 is 1. The first-order valence-corrected chi connectivity index (χ1v) is 6.77. The lowest BCUT2D eigenvalue weighted by atomic mass is 10.0. The lowest BCUT2D eigenvalue weighted by Gasteiger charge is -2.19. The van der Waals surface area contributed by atoms with E-state index in [1.807, 2.05) is 30.3 Å². The van der Waals surface area contributed by atoms with Gasteiger partial charge in [0.05, 0.1) is 7.11 Å². The Balaban J connectivity index is 2.42. The molecule has 0 aromatic heterocycles. The molecule has 0 fully saturated rings. The highest BCUT2D eigenvalue weighted by Gasteiger charge is 2.20. The monoisotopic (exact) mass is 300 g/mol. The number of hydrogen-bond donors (Lipinski definition) is 0. The molecule has 0 amide bonds. The number of carbonyl (C=O) groups excluding carboxylic acids is 1. The molecule has 0 radical (unpaired) electrons. The van der Waals surface area contributed by atoms with Gasteiger partial charge < -0.3 is 9.47 Å². The molecule has 0 aliphatic carbocycles. The molecular formula is C18H17FO3. The Kier molecular flexibility index (Phi) is 4.94. The van der Waals surface area contributed by atoms with E-state index < -0.39 is 17.9 Å². The van der Waals surface area contributed by atoms with Crippen molar-refractivity contribution in [3.8, 4) is 5.75 Å². The van der Waals surface area contributed by atoms with Gasteiger partial charge in [0.2, 0.25) is 0 Å². The average molecular weight is 300 g/mol. The van der Waals surface area contributed by atoms with E-state index in [9.17, 15) is 9.18 Å². The first-order chi connectivity index (χ1) is 10.5. The highest BCUT2D eigenvalue weighted by Crippen LogP contribution is 2.29. The van der Waals surface area contributed by atoms with Gasteiger partial charge in [-0.05, 0) is 24.6 Å². The fraction of sp³-hybridized carbons (Fsp3) is 0.167. The molecule has 0 heterocycles. The van der Waals surface area contributed by atoms with Crippen LogP contribution in [0, 0.1) is 5.82 Å². The fourth-order valence-electron chi connectivity index (χ4n) is 2.01. The van der Waals surface area contributed by atoms with E-state index in [2.05, 4.69) is 6.58 Å². The summed E-state index contributed by atoms with van der Waals surface area (Å²) >= 11 is 0. The fourth-order valence-corrected chi connectivity index (χ4v) is 2.01. The Morgan fingerprint density at radius 2 is 1.82 bits per heavy atom. The highest BCUT2D eigenvalue weighted by atomic mass is 19.1. The van der Waals surface area contributed by atoms with Gasteiger partial charge in [-0.3, -0.25) is 0 Å². The van der Waals surface area contributed by atoms with Gasteiger partial charge in [0.25, 0.3) is 0 Å². The summed E-state index contributed by atoms with van der Waals surface area (Å²) in [5.74, 6) is -0.890. The second kappa shape index (κ2) is 6.89. The van der Waals surface area contributed by atoms with Crippen LogP contribution in [-0.2, 0) is 9.53 Å². The largest absolute Gasteiger partial charge is 0.494 e. The predicted octanol–water partition coefficient (Wildman–Crippen LogP) is 4.04. The molecule has 1 unspecified atom stereocenters. The van der Waals surface area contributed by atoms with Gasteiger partial charge in [-0.1, -0.05) is 43.0 Å². The van der Waals surface area contributed by atoms with Crippen molar-refractivity contribution in [2.24, 2.45) is 0 Å². The number of esters is 1. The van der Waals surface area contributed by atoms with Crippen molar-refractivity contribution < 1.29 is 18.7 Å². The predicted molar refractivity (Wildman–Crippen MR) is 82.1 cm³/mol. The summed E-state index contributed by atoms with van der Waals surface area (Å²) < 4.78 is 24.3. The van der Waals surface area contributed by atoms with Crippen LogP contribution < -0.4 is 4.74 Å². The third kappa shape index (κ3) is 3.52. The number of carbonyl (C=O) groups is 1. The summed E-state index contributed by atoms with van der Waals surface area (Å²) in [7, 11) is 1.40. The zero-order chi connectivity index (χ0) is 16.1. The molecule has 2 aromatic carbocycles. The van der Waals surface area contributed by atoms with Crippen molar-refractivity contribution in [2.75, 3.05) is 7.11 Å². The van der Waals surface area contributed by atoms with E-state index >= 15 is 0 Å². The molecule has 0 spiro atoms. The molecule has 0 N–H and O–H groups in total. The second-order valence-corrected chi connectivity index (χ2v) is 4.87. The standard InChI is InChI=1S/C18H17FO3/c1-12(2)18(20)22-17(13-7-5-4-6-8-13)14-9-10-16(21-3)15(19)11-14/h4-11,17H,1H2,2-3H3. The third-order valence-corrected chi connectivity index (χ3v) is 3.15. The summed E-state index contributed by atoms with van der Waals surface area (Å²) in [5, 5.41) is 0. The minimum atomic E-state index is -0.703. The molecule has 4 heteroatoms. The molecule has 0 aliphatic heterocycles. The SMILES string of the molecule is C=C(C)C(=O)OC(c1ccccc1)c1ccc(OC)c(F)c1. The topological polar surface area (TPSA) is 35.5 Å². The van der Waals surface area contributed by atoms with Crippen molar-refractivity contribution in [1.29, 1.82) is 0 Å². The zero-order valence-electron chi connectivity index (χ0n) is 12.5. The average Bonchev–Trinajstić information content (AvgIpc) is 2.53. The van der Waals surface area contributed by atoms with Crippen LogP contribution in [0.2, 0.25) is 0 Å². The summed E-state index contributed by atoms with van der Waals surface area (Å²) in [6.45, 7) is 5.14. The van der Waals surface area contributed by atoms with Crippen LogP contribution in [0.25, 0.3) is 0 Å². The number of halogens is 1. The van der Waals surface area contributed by atoms with Gasteiger partial charge in [0.1, 0.15) is 0 Å². The zero-order valence-corrected chi connectivity index (χ0v) is 12.5. The summed E-state index contributed by atoms with van der Waals surface area (Å²) in [6.07, 6.45) is -0.703. The molecule has 1 atom stereocenters. The van der Waals surface area contributed by atoms with Gasteiger partial charge in [0.15, 0.2) is 17.7 Å². The summed E-state index contributed by atoms with van der Waals surface area (Å²) in [5.41, 5.74) is 1.57. The van der Waals surface area contributed by atoms with Gasteiger partial charge in [-0.25, -0.2) is 9.18 Å². The first kappa shape index (κ1) is 15.8. The molecule has 0 bridgehead atoms. The lowest BCUT2D eigenvalue weighted by Crippen LogP contribution is -2.13. The number of rotatable bonds is 5. The van der Waals surface area contributed by atoms with E-state index in [1.54, 1.807) is 13.0 Å². The van der Waals surface area contributed by atoms with Crippen molar-refractivity contribution >= 4 is 5.97 Å². The van der Waals surface area contributed by atoms with E-state index in [4.69, 9.17) is 9.47 Å². The maximum Gasteiger partial charge on any atom is 0.334 e. The molecule has 0 saturated heterocycles. The molecule has 3 nitrogen and oxygen atoms in total. The van der Waals surface area contributed by atoms with Crippen LogP contribution in [-0.4, -0.2) is 13.1 Å². The van der Waals surface area contributed by atoms with Crippen molar-refractivity contribution in [1.82, 2.24) is 0 Å². The van der Waals surface area contributed by atoms with E-state index in [-0.39, 0.29) is 11.3 Å². The molecule has 22 heavy (non-hydrogen) atoms. The van der Waals surface area contributed by atoms with E-state index in [1.165, 1.54) is 19.2 Å². The van der Waals surface area contributed by atoms with Gasteiger partial charge >= 0.3 is 5.97 Å². The number of ether oxygens (including phenoxy) is 2. The van der Waals surface area contributed by atoms with Gasteiger partial charge in [0, 0.05) is 11.1 Å². The Morgan fingerprint density at radius 1 is 1.14 bits per heavy atom. The normalized spacial score (nSPS) is 11.6. The molecular weight excluding hydrogens is 283 g/mol. The summed E-state index contributed by atoms with van der Waals surface area (Å²) in [4.78, 5) is 11.9. The Morgan fingerprint density at radius 3 is 2.36 bits per heavy atom. The number of benzene rings is 2. The van der Waals surface area contributed by atoms with Crippen LogP contribution in [0.15, 0.2) is 60.7 Å². The Labute approximate surface area is 129 Å². The van der Waals surface area contributed by atoms with Crippen LogP contribution in [0.4, 0.5) is 4.39 Å². The second-order valence-electron chi connectivity index (χ2n) is 4.87. The molecule has 0 saturated carbocycles. The maximum atomic E-state index is 13.9. The quantitative estimate of drug-likeness (QED) is 0.617. The minimum Gasteiger partial charge on any atom is -0.494 e. The molecule has 2 rings (SSSR count). The third-order valence-electron chi connectivity index (χ3n) is 3.15. The number of hydrogen-bond acceptors (Lipinski definition) is 3. The minimum absolute atomic E-state index is 0.141.